The monoisotopic (exact) mass is 714 g/mol. The zero-order chi connectivity index (χ0) is 36.4. The van der Waals surface area contributed by atoms with Crippen LogP contribution in [0.4, 0.5) is 18.0 Å². The third kappa shape index (κ3) is 7.78. The number of alkyl halides is 3. The topological polar surface area (TPSA) is 121 Å². The summed E-state index contributed by atoms with van der Waals surface area (Å²) < 4.78 is 58.5. The maximum absolute atomic E-state index is 14.4. The predicted octanol–water partition coefficient (Wildman–Crippen LogP) is 4.17. The lowest BCUT2D eigenvalue weighted by Crippen LogP contribution is -2.66. The van der Waals surface area contributed by atoms with Crippen LogP contribution in [0.2, 0.25) is 0 Å². The molecular weight excluding hydrogens is 657 g/mol. The van der Waals surface area contributed by atoms with Crippen LogP contribution in [0.1, 0.15) is 86.5 Å². The summed E-state index contributed by atoms with van der Waals surface area (Å²) in [6.07, 6.45) is -2.14. The zero-order valence-electron chi connectivity index (χ0n) is 30.5. The molecule has 0 aromatic carbocycles. The molecule has 3 amide bonds. The first-order valence-electron chi connectivity index (χ1n) is 18.5. The number of likely N-dealkylation sites (tertiary alicyclic amines) is 3. The molecule has 1 unspecified atom stereocenters. The molecule has 5 aliphatic heterocycles. The summed E-state index contributed by atoms with van der Waals surface area (Å²) in [6.45, 7) is 13.2. The third-order valence-corrected chi connectivity index (χ3v) is 12.5. The summed E-state index contributed by atoms with van der Waals surface area (Å²) in [6, 6.07) is -0.958. The molecule has 11 nitrogen and oxygen atoms in total. The van der Waals surface area contributed by atoms with E-state index in [1.807, 2.05) is 0 Å². The Morgan fingerprint density at radius 2 is 1.58 bits per heavy atom. The van der Waals surface area contributed by atoms with Gasteiger partial charge >= 0.3 is 12.3 Å². The van der Waals surface area contributed by atoms with E-state index in [9.17, 15) is 32.7 Å². The van der Waals surface area contributed by atoms with Gasteiger partial charge in [-0.3, -0.25) is 14.5 Å². The van der Waals surface area contributed by atoms with Crippen molar-refractivity contribution in [2.24, 2.45) is 34.0 Å². The molecule has 2 N–H and O–H groups in total. The number of halogens is 3. The number of aliphatic hydroxyl groups excluding tert-OH is 1. The highest BCUT2D eigenvalue weighted by atomic mass is 19.4. The molecule has 2 bridgehead atoms. The van der Waals surface area contributed by atoms with Gasteiger partial charge in [0.05, 0.1) is 43.3 Å². The van der Waals surface area contributed by atoms with Crippen molar-refractivity contribution < 1.29 is 46.9 Å². The minimum absolute atomic E-state index is 0.0258. The molecule has 7 rings (SSSR count). The fraction of sp³-hybridized carbons (Fsp3) is 0.917. The summed E-state index contributed by atoms with van der Waals surface area (Å²) in [7, 11) is 0. The molecule has 7 fully saturated rings. The lowest BCUT2D eigenvalue weighted by molar-refractivity contribution is -0.193. The molecule has 5 saturated heterocycles. The van der Waals surface area contributed by atoms with Crippen molar-refractivity contribution in [3.05, 3.63) is 0 Å². The van der Waals surface area contributed by atoms with Gasteiger partial charge < -0.3 is 34.4 Å². The summed E-state index contributed by atoms with van der Waals surface area (Å²) in [5.74, 6) is -2.52. The number of nitrogens with zero attached hydrogens (tertiary/aromatic N) is 3. The second-order valence-corrected chi connectivity index (χ2v) is 18.0. The molecule has 0 aromatic rings. The van der Waals surface area contributed by atoms with Crippen molar-refractivity contribution in [3.63, 3.8) is 0 Å². The lowest BCUT2D eigenvalue weighted by Gasteiger charge is -2.51. The first-order chi connectivity index (χ1) is 23.2. The van der Waals surface area contributed by atoms with Crippen molar-refractivity contribution in [2.75, 3.05) is 52.5 Å². The molecule has 7 aliphatic rings. The van der Waals surface area contributed by atoms with E-state index in [4.69, 9.17) is 14.2 Å². The van der Waals surface area contributed by atoms with Crippen molar-refractivity contribution >= 4 is 17.9 Å². The minimum Gasteiger partial charge on any atom is -0.444 e. The van der Waals surface area contributed by atoms with Gasteiger partial charge in [-0.1, -0.05) is 13.8 Å². The highest BCUT2D eigenvalue weighted by Crippen LogP contribution is 2.55. The molecule has 50 heavy (non-hydrogen) atoms. The fourth-order valence-corrected chi connectivity index (χ4v) is 8.92. The number of aliphatic hydroxyl groups is 1. The number of rotatable bonds is 9. The maximum Gasteiger partial charge on any atom is 0.410 e. The SMILES string of the molecule is C[C@@H](OCC12CCC(CC1)OC2)[C@H](NC(=O)[C@@H]1CN(C(=O)OC(C)(C)C)CC12CN(C(=O)[C@H]1CC1(C)C)C2)C(O)N1CCC(C(F)(F)F)CC1. The Labute approximate surface area is 293 Å². The largest absolute Gasteiger partial charge is 0.444 e. The van der Waals surface area contributed by atoms with E-state index in [1.165, 1.54) is 4.90 Å². The molecular formula is C36H57F3N4O7. The highest BCUT2D eigenvalue weighted by Gasteiger charge is 2.62. The van der Waals surface area contributed by atoms with Crippen molar-refractivity contribution in [3.8, 4) is 0 Å². The third-order valence-electron chi connectivity index (χ3n) is 12.5. The van der Waals surface area contributed by atoms with Gasteiger partial charge in [0.2, 0.25) is 11.8 Å². The lowest BCUT2D eigenvalue weighted by atomic mass is 9.70. The Balaban J connectivity index is 1.19. The van der Waals surface area contributed by atoms with Crippen LogP contribution in [-0.4, -0.2) is 126 Å². The van der Waals surface area contributed by atoms with Gasteiger partial charge in [0.1, 0.15) is 11.8 Å². The average Bonchev–Trinajstić information content (AvgIpc) is 3.48. The Morgan fingerprint density at radius 1 is 0.980 bits per heavy atom. The van der Waals surface area contributed by atoms with Gasteiger partial charge in [0.15, 0.2) is 0 Å². The van der Waals surface area contributed by atoms with Crippen LogP contribution < -0.4 is 5.32 Å². The van der Waals surface area contributed by atoms with E-state index in [0.717, 1.165) is 32.1 Å². The summed E-state index contributed by atoms with van der Waals surface area (Å²) in [5.41, 5.74) is -1.63. The fourth-order valence-electron chi connectivity index (χ4n) is 8.92. The molecule has 2 aliphatic carbocycles. The molecule has 0 radical (unpaired) electrons. The Kier molecular flexibility index (Phi) is 10.0. The number of carbonyl (C=O) groups excluding carboxylic acids is 3. The highest BCUT2D eigenvalue weighted by molar-refractivity contribution is 5.86. The van der Waals surface area contributed by atoms with E-state index in [-0.39, 0.29) is 73.7 Å². The number of hydrogen-bond donors (Lipinski definition) is 2. The van der Waals surface area contributed by atoms with Gasteiger partial charge in [0, 0.05) is 56.0 Å². The predicted molar refractivity (Wildman–Crippen MR) is 177 cm³/mol. The number of piperidine rings is 1. The van der Waals surface area contributed by atoms with E-state index >= 15 is 0 Å². The normalized spacial score (nSPS) is 32.7. The Hall–Kier alpha value is -2.16. The van der Waals surface area contributed by atoms with Gasteiger partial charge in [-0.25, -0.2) is 4.79 Å². The summed E-state index contributed by atoms with van der Waals surface area (Å²) >= 11 is 0. The standard InChI is InChI=1S/C36H57F3N4O7/c1-22(48-20-34-11-7-24(8-12-34)49-21-34)27(30(46)41-13-9-23(10-14-41)36(37,38)39)40-28(44)26-16-42(31(47)50-32(2,3)4)17-35(26)18-43(19-35)29(45)25-15-33(25,5)6/h22-27,30,46H,7-21H2,1-6H3,(H,40,44)/t22-,24?,25-,26+,27+,30?,34?/m1/s1. The van der Waals surface area contributed by atoms with E-state index in [1.54, 1.807) is 37.5 Å². The smallest absolute Gasteiger partial charge is 0.410 e. The van der Waals surface area contributed by atoms with Crippen LogP contribution in [0.15, 0.2) is 0 Å². The van der Waals surface area contributed by atoms with Gasteiger partial charge in [-0.05, 0) is 78.1 Å². The van der Waals surface area contributed by atoms with Gasteiger partial charge in [-0.15, -0.1) is 0 Å². The van der Waals surface area contributed by atoms with Crippen LogP contribution in [-0.2, 0) is 23.8 Å². The van der Waals surface area contributed by atoms with Crippen LogP contribution >= 0.6 is 0 Å². The second kappa shape index (κ2) is 13.4. The van der Waals surface area contributed by atoms with E-state index in [2.05, 4.69) is 19.2 Å². The zero-order valence-corrected chi connectivity index (χ0v) is 30.5. The maximum atomic E-state index is 14.4. The van der Waals surface area contributed by atoms with Gasteiger partial charge in [-0.2, -0.15) is 13.2 Å². The molecule has 5 atom stereocenters. The van der Waals surface area contributed by atoms with Crippen LogP contribution in [0.3, 0.4) is 0 Å². The second-order valence-electron chi connectivity index (χ2n) is 18.0. The number of carbonyl (C=O) groups is 3. The van der Waals surface area contributed by atoms with E-state index < -0.39 is 53.5 Å². The van der Waals surface area contributed by atoms with Crippen LogP contribution in [0, 0.1) is 34.0 Å². The summed E-state index contributed by atoms with van der Waals surface area (Å²) in [4.78, 5) is 45.8. The molecule has 14 heteroatoms. The van der Waals surface area contributed by atoms with Crippen molar-refractivity contribution in [1.82, 2.24) is 20.0 Å². The van der Waals surface area contributed by atoms with Crippen LogP contribution in [0.25, 0.3) is 0 Å². The average molecular weight is 715 g/mol. The molecule has 284 valence electrons. The number of hydrogen-bond acceptors (Lipinski definition) is 8. The number of amides is 3. The first kappa shape index (κ1) is 37.6. The van der Waals surface area contributed by atoms with E-state index in [0.29, 0.717) is 26.3 Å². The molecule has 2 saturated carbocycles. The number of ether oxygens (including phenoxy) is 3. The van der Waals surface area contributed by atoms with Crippen molar-refractivity contribution in [2.45, 2.75) is 123 Å². The molecule has 5 heterocycles. The Morgan fingerprint density at radius 3 is 2.10 bits per heavy atom. The van der Waals surface area contributed by atoms with Crippen LogP contribution in [0.5, 0.6) is 0 Å². The van der Waals surface area contributed by atoms with Gasteiger partial charge in [0.25, 0.3) is 0 Å². The Bertz CT molecular complexity index is 1270. The summed E-state index contributed by atoms with van der Waals surface area (Å²) in [5, 5.41) is 14.8. The van der Waals surface area contributed by atoms with Crippen molar-refractivity contribution in [1.29, 1.82) is 0 Å². The molecule has 0 aromatic heterocycles. The minimum atomic E-state index is -4.30. The number of fused-ring (bicyclic) bond motifs is 3. The number of nitrogens with one attached hydrogen (secondary N) is 1. The first-order valence-corrected chi connectivity index (χ1v) is 18.5. The molecule has 1 spiro atoms. The quantitative estimate of drug-likeness (QED) is 0.366.